The predicted octanol–water partition coefficient (Wildman–Crippen LogP) is 1.73. The summed E-state index contributed by atoms with van der Waals surface area (Å²) in [6.07, 6.45) is 1.63. The summed E-state index contributed by atoms with van der Waals surface area (Å²) in [7, 11) is 0. The van der Waals surface area contributed by atoms with Gasteiger partial charge in [0, 0.05) is 12.2 Å². The second-order valence-corrected chi connectivity index (χ2v) is 3.88. The summed E-state index contributed by atoms with van der Waals surface area (Å²) in [5, 5.41) is 0. The molecule has 3 nitrogen and oxygen atoms in total. The summed E-state index contributed by atoms with van der Waals surface area (Å²) in [6, 6.07) is 7.66. The van der Waals surface area contributed by atoms with Crippen LogP contribution in [0.3, 0.4) is 0 Å². The van der Waals surface area contributed by atoms with Gasteiger partial charge in [0.1, 0.15) is 0 Å². The molecule has 2 N–H and O–H groups in total. The fourth-order valence-corrected chi connectivity index (χ4v) is 1.94. The molecule has 2 rings (SSSR count). The largest absolute Gasteiger partial charge is 0.320 e. The highest BCUT2D eigenvalue weighted by Crippen LogP contribution is 2.27. The Kier molecular flexibility index (Phi) is 4.33. The summed E-state index contributed by atoms with van der Waals surface area (Å²) < 4.78 is 0. The minimum Gasteiger partial charge on any atom is -0.320 e. The first-order valence-corrected chi connectivity index (χ1v) is 5.39. The molecule has 4 heteroatoms. The fourth-order valence-electron chi connectivity index (χ4n) is 1.94. The molecule has 1 heterocycles. The van der Waals surface area contributed by atoms with E-state index in [1.807, 2.05) is 30.0 Å². The maximum Gasteiger partial charge on any atom is 0.243 e. The van der Waals surface area contributed by atoms with E-state index in [1.165, 1.54) is 5.56 Å². The number of carbonyl (C=O) groups excluding carboxylic acids is 1. The average molecular weight is 241 g/mol. The molecule has 1 aliphatic heterocycles. The lowest BCUT2D eigenvalue weighted by Gasteiger charge is -2.20. The number of amides is 1. The minimum absolute atomic E-state index is 0. The molecule has 0 aliphatic carbocycles. The molecule has 1 aliphatic rings. The molecule has 88 valence electrons. The van der Waals surface area contributed by atoms with Crippen molar-refractivity contribution in [2.24, 2.45) is 5.73 Å². The summed E-state index contributed by atoms with van der Waals surface area (Å²) >= 11 is 0. The van der Waals surface area contributed by atoms with E-state index in [0.29, 0.717) is 6.42 Å². The number of hydrogen-bond donors (Lipinski definition) is 1. The molecule has 0 saturated heterocycles. The average Bonchev–Trinajstić information content (AvgIpc) is 2.70. The van der Waals surface area contributed by atoms with Crippen molar-refractivity contribution in [2.75, 3.05) is 11.4 Å². The van der Waals surface area contributed by atoms with E-state index >= 15 is 0 Å². The van der Waals surface area contributed by atoms with Crippen molar-refractivity contribution in [1.82, 2.24) is 0 Å². The van der Waals surface area contributed by atoms with Gasteiger partial charge in [-0.25, -0.2) is 0 Å². The molecule has 1 amide bonds. The van der Waals surface area contributed by atoms with Crippen LogP contribution >= 0.6 is 12.4 Å². The van der Waals surface area contributed by atoms with Crippen LogP contribution in [0.15, 0.2) is 24.3 Å². The van der Waals surface area contributed by atoms with E-state index in [2.05, 4.69) is 6.07 Å². The Labute approximate surface area is 102 Å². The lowest BCUT2D eigenvalue weighted by Crippen LogP contribution is -2.42. The first-order valence-electron chi connectivity index (χ1n) is 5.39. The van der Waals surface area contributed by atoms with Crippen LogP contribution in [0.1, 0.15) is 18.9 Å². The Hall–Kier alpha value is -1.06. The van der Waals surface area contributed by atoms with Crippen LogP contribution in [-0.2, 0) is 11.2 Å². The van der Waals surface area contributed by atoms with Crippen molar-refractivity contribution in [2.45, 2.75) is 25.8 Å². The van der Waals surface area contributed by atoms with E-state index in [1.54, 1.807) is 0 Å². The Balaban J connectivity index is 0.00000128. The zero-order valence-corrected chi connectivity index (χ0v) is 10.2. The Bertz CT molecular complexity index is 381. The molecule has 0 unspecified atom stereocenters. The van der Waals surface area contributed by atoms with Gasteiger partial charge in [-0.2, -0.15) is 0 Å². The molecule has 0 aromatic heterocycles. The van der Waals surface area contributed by atoms with Crippen LogP contribution in [-0.4, -0.2) is 18.5 Å². The van der Waals surface area contributed by atoms with Crippen LogP contribution in [0.5, 0.6) is 0 Å². The molecule has 0 spiro atoms. The van der Waals surface area contributed by atoms with E-state index in [-0.39, 0.29) is 24.4 Å². The SMILES string of the molecule is CC[C@H](N)C(=O)N1CCc2ccccc21.Cl. The Morgan fingerprint density at radius 2 is 2.19 bits per heavy atom. The minimum atomic E-state index is -0.365. The quantitative estimate of drug-likeness (QED) is 0.856. The van der Waals surface area contributed by atoms with Crippen LogP contribution in [0, 0.1) is 0 Å². The van der Waals surface area contributed by atoms with Crippen LogP contribution < -0.4 is 10.6 Å². The van der Waals surface area contributed by atoms with Gasteiger partial charge in [0.2, 0.25) is 5.91 Å². The van der Waals surface area contributed by atoms with Gasteiger partial charge >= 0.3 is 0 Å². The zero-order valence-electron chi connectivity index (χ0n) is 9.35. The van der Waals surface area contributed by atoms with E-state index in [4.69, 9.17) is 5.73 Å². The lowest BCUT2D eigenvalue weighted by molar-refractivity contribution is -0.119. The summed E-state index contributed by atoms with van der Waals surface area (Å²) in [6.45, 7) is 2.70. The molecule has 0 bridgehead atoms. The van der Waals surface area contributed by atoms with Gasteiger partial charge in [0.15, 0.2) is 0 Å². The highest BCUT2D eigenvalue weighted by Gasteiger charge is 2.26. The van der Waals surface area contributed by atoms with Gasteiger partial charge in [0.25, 0.3) is 0 Å². The smallest absolute Gasteiger partial charge is 0.243 e. The van der Waals surface area contributed by atoms with Crippen LogP contribution in [0.2, 0.25) is 0 Å². The maximum absolute atomic E-state index is 11.9. The molecule has 16 heavy (non-hydrogen) atoms. The lowest BCUT2D eigenvalue weighted by atomic mass is 10.1. The molecular formula is C12H17ClN2O. The maximum atomic E-state index is 11.9. The number of nitrogens with zero attached hydrogens (tertiary/aromatic N) is 1. The predicted molar refractivity (Wildman–Crippen MR) is 68.0 cm³/mol. The number of carbonyl (C=O) groups is 1. The first-order chi connectivity index (χ1) is 7.24. The molecular weight excluding hydrogens is 224 g/mol. The topological polar surface area (TPSA) is 46.3 Å². The van der Waals surface area contributed by atoms with Gasteiger partial charge in [-0.15, -0.1) is 12.4 Å². The summed E-state index contributed by atoms with van der Waals surface area (Å²) in [4.78, 5) is 13.7. The second kappa shape index (κ2) is 5.32. The molecule has 1 atom stereocenters. The molecule has 0 fully saturated rings. The van der Waals surface area contributed by atoms with Gasteiger partial charge in [-0.05, 0) is 24.5 Å². The van der Waals surface area contributed by atoms with Gasteiger partial charge in [0.05, 0.1) is 6.04 Å². The summed E-state index contributed by atoms with van der Waals surface area (Å²) in [5.41, 5.74) is 8.04. The monoisotopic (exact) mass is 240 g/mol. The Morgan fingerprint density at radius 3 is 2.88 bits per heavy atom. The van der Waals surface area contributed by atoms with Crippen molar-refractivity contribution in [1.29, 1.82) is 0 Å². The first kappa shape index (κ1) is 13.0. The highest BCUT2D eigenvalue weighted by molar-refractivity contribution is 5.98. The van der Waals surface area contributed by atoms with Gasteiger partial charge in [-0.1, -0.05) is 25.1 Å². The third kappa shape index (κ3) is 2.20. The molecule has 0 radical (unpaired) electrons. The highest BCUT2D eigenvalue weighted by atomic mass is 35.5. The zero-order chi connectivity index (χ0) is 10.8. The number of nitrogens with two attached hydrogens (primary N) is 1. The van der Waals surface area contributed by atoms with Gasteiger partial charge in [-0.3, -0.25) is 4.79 Å². The van der Waals surface area contributed by atoms with Crippen LogP contribution in [0.25, 0.3) is 0 Å². The number of rotatable bonds is 2. The van der Waals surface area contributed by atoms with E-state index in [0.717, 1.165) is 18.7 Å². The van der Waals surface area contributed by atoms with Crippen LogP contribution in [0.4, 0.5) is 5.69 Å². The van der Waals surface area contributed by atoms with Crippen molar-refractivity contribution in [3.05, 3.63) is 29.8 Å². The number of para-hydroxylation sites is 1. The third-order valence-electron chi connectivity index (χ3n) is 2.91. The number of halogens is 1. The number of fused-ring (bicyclic) bond motifs is 1. The standard InChI is InChI=1S/C12H16N2O.ClH/c1-2-10(13)12(15)14-8-7-9-5-3-4-6-11(9)14;/h3-6,10H,2,7-8,13H2,1H3;1H/t10-;/m0./s1. The molecule has 1 aromatic carbocycles. The second-order valence-electron chi connectivity index (χ2n) is 3.88. The fraction of sp³-hybridized carbons (Fsp3) is 0.417. The van der Waals surface area contributed by atoms with Crippen molar-refractivity contribution in [3.8, 4) is 0 Å². The Morgan fingerprint density at radius 1 is 1.50 bits per heavy atom. The molecule has 1 aromatic rings. The number of anilines is 1. The van der Waals surface area contributed by atoms with E-state index < -0.39 is 0 Å². The normalized spacial score (nSPS) is 15.2. The van der Waals surface area contributed by atoms with Crippen molar-refractivity contribution < 1.29 is 4.79 Å². The van der Waals surface area contributed by atoms with Crippen molar-refractivity contribution >= 4 is 24.0 Å². The molecule has 0 saturated carbocycles. The van der Waals surface area contributed by atoms with Crippen molar-refractivity contribution in [3.63, 3.8) is 0 Å². The number of benzene rings is 1. The number of hydrogen-bond acceptors (Lipinski definition) is 2. The summed E-state index contributed by atoms with van der Waals surface area (Å²) in [5.74, 6) is 0.0439. The van der Waals surface area contributed by atoms with Gasteiger partial charge < -0.3 is 10.6 Å². The third-order valence-corrected chi connectivity index (χ3v) is 2.91. The van der Waals surface area contributed by atoms with E-state index in [9.17, 15) is 4.79 Å².